The Balaban J connectivity index is 1.23. The molecule has 2 aromatic rings. The van der Waals surface area contributed by atoms with Crippen molar-refractivity contribution in [3.05, 3.63) is 52.9 Å². The second-order valence-electron chi connectivity index (χ2n) is 17.5. The van der Waals surface area contributed by atoms with Crippen molar-refractivity contribution in [2.45, 2.75) is 131 Å². The first-order valence-electron chi connectivity index (χ1n) is 18.2. The van der Waals surface area contributed by atoms with E-state index < -0.39 is 5.41 Å². The molecule has 0 amide bonds. The molecule has 0 saturated heterocycles. The summed E-state index contributed by atoms with van der Waals surface area (Å²) < 4.78 is 12.4. The van der Waals surface area contributed by atoms with Crippen molar-refractivity contribution in [1.29, 1.82) is 0 Å². The molecule has 4 fully saturated rings. The highest BCUT2D eigenvalue weighted by atomic mass is 16.5. The van der Waals surface area contributed by atoms with Crippen LogP contribution in [0.3, 0.4) is 0 Å². The number of esters is 1. The quantitative estimate of drug-likeness (QED) is 0.315. The number of ketones is 1. The number of benzene rings is 1. The number of nitrogens with zero attached hydrogens (tertiary/aromatic N) is 2. The lowest BCUT2D eigenvalue weighted by atomic mass is 9.33. The van der Waals surface area contributed by atoms with Gasteiger partial charge in [-0.3, -0.25) is 9.59 Å². The SMILES string of the molecule is CC(=O)O[C@H]1CC[C@]2(C)[C@H]3CC[C@@H]4C5=C(C(C)C)C(=O)C[C@]5(c5nnc(NCc6ccccc6)o5)CC[C@@]4(C)[C@]3(C)CC[C@H]2C1(C)C. The standard InChI is InChI=1S/C40H55N3O4/c1-24(2)32-28(45)22-40(34-42-43-35(47-34)41-23-26-12-10-9-11-13-26)21-20-38(7)27(33(32)40)14-15-30-37(6)18-17-31(46-25(3)44)36(4,5)29(37)16-19-39(30,38)8/h9-13,24,27,29-31H,14-23H2,1-8H3,(H,41,43)/t27-,29+,30-,31+,37+,38-,39-,40-/m1/s1. The Hall–Kier alpha value is -2.96. The topological polar surface area (TPSA) is 94.3 Å². The largest absolute Gasteiger partial charge is 0.462 e. The minimum absolute atomic E-state index is 0.0191. The van der Waals surface area contributed by atoms with E-state index in [1.54, 1.807) is 6.92 Å². The number of nitrogens with one attached hydrogen (secondary N) is 1. The van der Waals surface area contributed by atoms with Crippen LogP contribution < -0.4 is 5.32 Å². The monoisotopic (exact) mass is 641 g/mol. The fraction of sp³-hybridized carbons (Fsp3) is 0.700. The molecule has 1 heterocycles. The highest BCUT2D eigenvalue weighted by Crippen LogP contribution is 2.76. The van der Waals surface area contributed by atoms with Gasteiger partial charge in [0.2, 0.25) is 5.89 Å². The molecule has 0 unspecified atom stereocenters. The molecule has 4 saturated carbocycles. The van der Waals surface area contributed by atoms with Gasteiger partial charge in [0.15, 0.2) is 5.78 Å². The van der Waals surface area contributed by atoms with Crippen molar-refractivity contribution < 1.29 is 18.7 Å². The van der Waals surface area contributed by atoms with E-state index in [1.165, 1.54) is 12.0 Å². The number of carbonyl (C=O) groups is 2. The Kier molecular flexibility index (Phi) is 7.65. The van der Waals surface area contributed by atoms with Gasteiger partial charge in [-0.15, -0.1) is 5.10 Å². The first-order valence-corrected chi connectivity index (χ1v) is 18.2. The van der Waals surface area contributed by atoms with Gasteiger partial charge in [-0.2, -0.15) is 0 Å². The number of Topliss-reactive ketones (excluding diaryl/α,β-unsaturated/α-hetero) is 1. The molecule has 5 aliphatic carbocycles. The lowest BCUT2D eigenvalue weighted by molar-refractivity contribution is -0.231. The second kappa shape index (κ2) is 11.0. The summed E-state index contributed by atoms with van der Waals surface area (Å²) in [6, 6.07) is 10.6. The van der Waals surface area contributed by atoms with Crippen LogP contribution in [-0.4, -0.2) is 28.1 Å². The van der Waals surface area contributed by atoms with E-state index in [0.717, 1.165) is 56.1 Å². The van der Waals surface area contributed by atoms with Gasteiger partial charge in [0.25, 0.3) is 0 Å². The highest BCUT2D eigenvalue weighted by molar-refractivity contribution is 6.01. The maximum Gasteiger partial charge on any atom is 0.315 e. The van der Waals surface area contributed by atoms with Crippen LogP contribution >= 0.6 is 0 Å². The zero-order chi connectivity index (χ0) is 33.6. The third-order valence-electron chi connectivity index (χ3n) is 14.8. The van der Waals surface area contributed by atoms with Crippen LogP contribution in [-0.2, 0) is 26.3 Å². The summed E-state index contributed by atoms with van der Waals surface area (Å²) in [7, 11) is 0. The molecule has 8 atom stereocenters. The second-order valence-corrected chi connectivity index (χ2v) is 17.5. The van der Waals surface area contributed by atoms with Gasteiger partial charge < -0.3 is 14.5 Å². The summed E-state index contributed by atoms with van der Waals surface area (Å²) in [6.07, 6.45) is 8.92. The molecule has 1 aromatic carbocycles. The van der Waals surface area contributed by atoms with Gasteiger partial charge in [0.05, 0.1) is 5.41 Å². The number of fused-ring (bicyclic) bond motifs is 7. The van der Waals surface area contributed by atoms with E-state index in [9.17, 15) is 9.59 Å². The van der Waals surface area contributed by atoms with E-state index in [-0.39, 0.29) is 45.4 Å². The van der Waals surface area contributed by atoms with E-state index >= 15 is 0 Å². The van der Waals surface area contributed by atoms with Crippen molar-refractivity contribution in [3.8, 4) is 0 Å². The number of hydrogen-bond acceptors (Lipinski definition) is 7. The lowest BCUT2D eigenvalue weighted by Crippen LogP contribution is -2.66. The molecular weight excluding hydrogens is 586 g/mol. The number of rotatable bonds is 6. The first-order chi connectivity index (χ1) is 22.2. The van der Waals surface area contributed by atoms with Crippen LogP contribution in [0.2, 0.25) is 0 Å². The van der Waals surface area contributed by atoms with Crippen LogP contribution in [0.4, 0.5) is 6.01 Å². The fourth-order valence-electron chi connectivity index (χ4n) is 12.5. The minimum Gasteiger partial charge on any atom is -0.462 e. The van der Waals surface area contributed by atoms with Crippen LogP contribution in [0.1, 0.15) is 125 Å². The third kappa shape index (κ3) is 4.64. The highest BCUT2D eigenvalue weighted by Gasteiger charge is 2.71. The van der Waals surface area contributed by atoms with Gasteiger partial charge in [-0.1, -0.05) is 83.9 Å². The zero-order valence-corrected chi connectivity index (χ0v) is 29.9. The molecule has 7 heteroatoms. The van der Waals surface area contributed by atoms with Gasteiger partial charge >= 0.3 is 12.0 Å². The van der Waals surface area contributed by atoms with E-state index in [2.05, 4.69) is 76.1 Å². The summed E-state index contributed by atoms with van der Waals surface area (Å²) in [5.41, 5.74) is 3.30. The summed E-state index contributed by atoms with van der Waals surface area (Å²) in [5, 5.41) is 12.5. The minimum atomic E-state index is -0.519. The normalized spacial score (nSPS) is 39.1. The third-order valence-corrected chi connectivity index (χ3v) is 14.8. The smallest absolute Gasteiger partial charge is 0.315 e. The average molecular weight is 642 g/mol. The molecule has 1 aromatic heterocycles. The summed E-state index contributed by atoms with van der Waals surface area (Å²) in [4.78, 5) is 26.1. The van der Waals surface area contributed by atoms with Crippen molar-refractivity contribution in [3.63, 3.8) is 0 Å². The Morgan fingerprint density at radius 3 is 2.38 bits per heavy atom. The van der Waals surface area contributed by atoms with Gasteiger partial charge in [-0.05, 0) is 108 Å². The predicted molar refractivity (Wildman–Crippen MR) is 182 cm³/mol. The predicted octanol–water partition coefficient (Wildman–Crippen LogP) is 8.85. The Bertz CT molecular complexity index is 1590. The number of ether oxygens (including phenoxy) is 1. The molecule has 47 heavy (non-hydrogen) atoms. The molecule has 0 radical (unpaired) electrons. The first kappa shape index (κ1) is 32.6. The van der Waals surface area contributed by atoms with Crippen molar-refractivity contribution in [1.82, 2.24) is 10.2 Å². The molecular formula is C40H55N3O4. The van der Waals surface area contributed by atoms with E-state index in [1.807, 2.05) is 18.2 Å². The molecule has 0 bridgehead atoms. The molecule has 5 aliphatic rings. The Morgan fingerprint density at radius 2 is 1.68 bits per heavy atom. The lowest BCUT2D eigenvalue weighted by Gasteiger charge is -2.72. The molecule has 0 spiro atoms. The summed E-state index contributed by atoms with van der Waals surface area (Å²) in [6.45, 7) is 19.0. The zero-order valence-electron chi connectivity index (χ0n) is 29.9. The van der Waals surface area contributed by atoms with E-state index in [4.69, 9.17) is 9.15 Å². The van der Waals surface area contributed by atoms with Crippen LogP contribution in [0.15, 0.2) is 45.9 Å². The summed E-state index contributed by atoms with van der Waals surface area (Å²) in [5.74, 6) is 2.26. The van der Waals surface area contributed by atoms with Gasteiger partial charge in [-0.25, -0.2) is 0 Å². The molecule has 7 nitrogen and oxygen atoms in total. The Labute approximate surface area is 281 Å². The van der Waals surface area contributed by atoms with Gasteiger partial charge in [0, 0.05) is 25.3 Å². The van der Waals surface area contributed by atoms with Crippen molar-refractivity contribution >= 4 is 17.8 Å². The fourth-order valence-corrected chi connectivity index (χ4v) is 12.5. The molecule has 1 N–H and O–H groups in total. The molecule has 254 valence electrons. The van der Waals surface area contributed by atoms with Gasteiger partial charge in [0.1, 0.15) is 6.10 Å². The maximum absolute atomic E-state index is 14.0. The van der Waals surface area contributed by atoms with Crippen LogP contribution in [0.25, 0.3) is 0 Å². The van der Waals surface area contributed by atoms with E-state index in [0.29, 0.717) is 42.6 Å². The number of carbonyl (C=O) groups excluding carboxylic acids is 2. The van der Waals surface area contributed by atoms with Crippen molar-refractivity contribution in [2.75, 3.05) is 5.32 Å². The van der Waals surface area contributed by atoms with Crippen LogP contribution in [0, 0.1) is 45.3 Å². The molecule has 0 aliphatic heterocycles. The Morgan fingerprint density at radius 1 is 0.936 bits per heavy atom. The number of aromatic nitrogens is 2. The number of allylic oxidation sites excluding steroid dienone is 2. The maximum atomic E-state index is 14.0. The number of anilines is 1. The van der Waals surface area contributed by atoms with Crippen LogP contribution in [0.5, 0.6) is 0 Å². The summed E-state index contributed by atoms with van der Waals surface area (Å²) >= 11 is 0. The molecule has 7 rings (SSSR count). The number of hydrogen-bond donors (Lipinski definition) is 1. The average Bonchev–Trinajstić information content (AvgIpc) is 3.61. The van der Waals surface area contributed by atoms with Crippen molar-refractivity contribution in [2.24, 2.45) is 45.3 Å².